The van der Waals surface area contributed by atoms with Crippen molar-refractivity contribution in [2.75, 3.05) is 14.1 Å². The standard InChI is InChI=1S/C22H28Cl2N6O2/c1-5-13(2)19(21(31)27-12-17-6-7-26-18(11-25)28-17)29-22(32)20(30(3)4)14-8-15(23)10-16(24)9-14/h6-11,13,19-20,25H,5,12H2,1-4H3,(H,27,31)(H,29,32)/p+1/t13-,19-,20+/m0/s1. The first-order valence-electron chi connectivity index (χ1n) is 10.3. The van der Waals surface area contributed by atoms with E-state index >= 15 is 0 Å². The molecule has 1 aromatic carbocycles. The minimum absolute atomic E-state index is 0.0951. The zero-order valence-electron chi connectivity index (χ0n) is 18.6. The lowest BCUT2D eigenvalue weighted by atomic mass is 9.97. The first kappa shape index (κ1) is 25.7. The second-order valence-corrected chi connectivity index (χ2v) is 8.73. The number of hydrogen-bond donors (Lipinski definition) is 4. The minimum atomic E-state index is -0.729. The highest BCUT2D eigenvalue weighted by Gasteiger charge is 2.33. The number of nitrogens with one attached hydrogen (secondary N) is 4. The van der Waals surface area contributed by atoms with Crippen LogP contribution in [0.1, 0.15) is 43.4 Å². The van der Waals surface area contributed by atoms with E-state index in [1.165, 1.54) is 6.20 Å². The Balaban J connectivity index is 2.19. The molecule has 0 spiro atoms. The molecule has 8 nitrogen and oxygen atoms in total. The van der Waals surface area contributed by atoms with Crippen LogP contribution in [0, 0.1) is 11.3 Å². The van der Waals surface area contributed by atoms with Crippen LogP contribution >= 0.6 is 23.2 Å². The van der Waals surface area contributed by atoms with Gasteiger partial charge in [0.1, 0.15) is 6.04 Å². The van der Waals surface area contributed by atoms with Crippen LogP contribution in [-0.2, 0) is 16.1 Å². The van der Waals surface area contributed by atoms with Gasteiger partial charge in [0.15, 0.2) is 11.9 Å². The summed E-state index contributed by atoms with van der Waals surface area (Å²) in [7, 11) is 3.71. The van der Waals surface area contributed by atoms with E-state index in [1.54, 1.807) is 24.3 Å². The second kappa shape index (κ2) is 11.9. The van der Waals surface area contributed by atoms with Crippen molar-refractivity contribution in [1.82, 2.24) is 20.6 Å². The minimum Gasteiger partial charge on any atom is -0.349 e. The average molecular weight is 480 g/mol. The van der Waals surface area contributed by atoms with Crippen molar-refractivity contribution in [3.8, 4) is 0 Å². The fourth-order valence-corrected chi connectivity index (χ4v) is 3.84. The van der Waals surface area contributed by atoms with Crippen LogP contribution in [-0.4, -0.2) is 48.1 Å². The van der Waals surface area contributed by atoms with Gasteiger partial charge >= 0.3 is 0 Å². The summed E-state index contributed by atoms with van der Waals surface area (Å²) >= 11 is 12.3. The number of carbonyl (C=O) groups is 2. The molecule has 0 unspecified atom stereocenters. The highest BCUT2D eigenvalue weighted by Crippen LogP contribution is 2.23. The zero-order chi connectivity index (χ0) is 23.8. The summed E-state index contributed by atoms with van der Waals surface area (Å²) in [4.78, 5) is 35.2. The summed E-state index contributed by atoms with van der Waals surface area (Å²) in [6, 6.07) is 5.37. The molecule has 0 saturated heterocycles. The molecule has 3 atom stereocenters. The lowest BCUT2D eigenvalue weighted by Gasteiger charge is -2.27. The number of nitrogens with zero attached hydrogens (tertiary/aromatic N) is 2. The molecule has 32 heavy (non-hydrogen) atoms. The van der Waals surface area contributed by atoms with Crippen LogP contribution in [0.15, 0.2) is 30.5 Å². The quantitative estimate of drug-likeness (QED) is 0.389. The van der Waals surface area contributed by atoms with Gasteiger partial charge in [-0.15, -0.1) is 0 Å². The Labute approximate surface area is 198 Å². The monoisotopic (exact) mass is 479 g/mol. The predicted octanol–water partition coefficient (Wildman–Crippen LogP) is 1.81. The van der Waals surface area contributed by atoms with Crippen molar-refractivity contribution in [2.24, 2.45) is 5.92 Å². The molecular weight excluding hydrogens is 451 g/mol. The molecular formula is C22H29Cl2N6O2+. The number of aromatic nitrogens is 2. The molecule has 4 N–H and O–H groups in total. The van der Waals surface area contributed by atoms with Crippen molar-refractivity contribution >= 4 is 41.2 Å². The van der Waals surface area contributed by atoms with Gasteiger partial charge in [0.25, 0.3) is 5.91 Å². The summed E-state index contributed by atoms with van der Waals surface area (Å²) < 4.78 is 0. The fraction of sp³-hybridized carbons (Fsp3) is 0.409. The maximum absolute atomic E-state index is 13.3. The predicted molar refractivity (Wildman–Crippen MR) is 125 cm³/mol. The van der Waals surface area contributed by atoms with Crippen molar-refractivity contribution in [2.45, 2.75) is 38.9 Å². The average Bonchev–Trinajstić information content (AvgIpc) is 2.74. The number of hydrogen-bond acceptors (Lipinski definition) is 5. The molecule has 0 radical (unpaired) electrons. The zero-order valence-corrected chi connectivity index (χ0v) is 20.1. The van der Waals surface area contributed by atoms with E-state index in [0.29, 0.717) is 27.7 Å². The van der Waals surface area contributed by atoms with Crippen molar-refractivity contribution in [3.63, 3.8) is 0 Å². The van der Waals surface area contributed by atoms with Gasteiger partial charge < -0.3 is 20.9 Å². The van der Waals surface area contributed by atoms with E-state index in [9.17, 15) is 9.59 Å². The number of carbonyl (C=O) groups excluding carboxylic acids is 2. The van der Waals surface area contributed by atoms with Gasteiger partial charge in [-0.1, -0.05) is 43.5 Å². The molecule has 2 rings (SSSR count). The van der Waals surface area contributed by atoms with Gasteiger partial charge in [0.05, 0.1) is 32.5 Å². The first-order chi connectivity index (χ1) is 15.2. The highest BCUT2D eigenvalue weighted by atomic mass is 35.5. The number of likely N-dealkylation sites (N-methyl/N-ethyl adjacent to an activating group) is 1. The molecule has 0 aliphatic rings. The molecule has 0 aliphatic heterocycles. The Hall–Kier alpha value is -2.55. The van der Waals surface area contributed by atoms with Crippen molar-refractivity contribution in [1.29, 1.82) is 5.41 Å². The van der Waals surface area contributed by atoms with E-state index in [1.807, 2.05) is 27.9 Å². The molecule has 1 heterocycles. The number of rotatable bonds is 10. The smallest absolute Gasteiger partial charge is 0.283 e. The molecule has 10 heteroatoms. The Morgan fingerprint density at radius 1 is 1.19 bits per heavy atom. The summed E-state index contributed by atoms with van der Waals surface area (Å²) in [5.41, 5.74) is 1.24. The Bertz CT molecular complexity index is 949. The maximum Gasteiger partial charge on any atom is 0.283 e. The Kier molecular flexibility index (Phi) is 9.56. The van der Waals surface area contributed by atoms with E-state index in [-0.39, 0.29) is 30.1 Å². The number of amides is 2. The van der Waals surface area contributed by atoms with Gasteiger partial charge in [-0.25, -0.2) is 9.97 Å². The van der Waals surface area contributed by atoms with Gasteiger partial charge in [-0.3, -0.25) is 9.59 Å². The van der Waals surface area contributed by atoms with Gasteiger partial charge in [-0.2, -0.15) is 0 Å². The van der Waals surface area contributed by atoms with Gasteiger partial charge in [0.2, 0.25) is 5.91 Å². The van der Waals surface area contributed by atoms with Crippen LogP contribution in [0.3, 0.4) is 0 Å². The highest BCUT2D eigenvalue weighted by molar-refractivity contribution is 6.34. The maximum atomic E-state index is 13.3. The van der Waals surface area contributed by atoms with Crippen LogP contribution in [0.5, 0.6) is 0 Å². The lowest BCUT2D eigenvalue weighted by Crippen LogP contribution is -3.07. The number of quaternary nitrogens is 1. The topological polar surface area (TPSA) is 112 Å². The molecule has 1 aromatic heterocycles. The van der Waals surface area contributed by atoms with Crippen LogP contribution in [0.4, 0.5) is 0 Å². The number of halogens is 2. The molecule has 0 fully saturated rings. The largest absolute Gasteiger partial charge is 0.349 e. The van der Waals surface area contributed by atoms with Crippen molar-refractivity contribution in [3.05, 3.63) is 57.6 Å². The number of benzene rings is 1. The fourth-order valence-electron chi connectivity index (χ4n) is 3.30. The third-order valence-electron chi connectivity index (χ3n) is 5.16. The summed E-state index contributed by atoms with van der Waals surface area (Å²) in [6.45, 7) is 4.04. The van der Waals surface area contributed by atoms with Crippen LogP contribution in [0.25, 0.3) is 0 Å². The van der Waals surface area contributed by atoms with E-state index in [2.05, 4.69) is 20.6 Å². The summed E-state index contributed by atoms with van der Waals surface area (Å²) in [5, 5.41) is 13.9. The van der Waals surface area contributed by atoms with Crippen LogP contribution in [0.2, 0.25) is 10.0 Å². The third-order valence-corrected chi connectivity index (χ3v) is 5.59. The van der Waals surface area contributed by atoms with Gasteiger partial charge in [-0.05, 0) is 30.2 Å². The van der Waals surface area contributed by atoms with Gasteiger partial charge in [0, 0.05) is 21.8 Å². The normalized spacial score (nSPS) is 13.8. The Morgan fingerprint density at radius 2 is 1.84 bits per heavy atom. The van der Waals surface area contributed by atoms with Crippen LogP contribution < -0.4 is 15.5 Å². The molecule has 0 bridgehead atoms. The lowest BCUT2D eigenvalue weighted by molar-refractivity contribution is -0.881. The summed E-state index contributed by atoms with van der Waals surface area (Å²) in [6.07, 6.45) is 3.27. The van der Waals surface area contributed by atoms with E-state index in [0.717, 1.165) is 11.1 Å². The summed E-state index contributed by atoms with van der Waals surface area (Å²) in [5.74, 6) is -0.431. The molecule has 0 saturated carbocycles. The molecule has 172 valence electrons. The SMILES string of the molecule is CC[C@H](C)[C@H](NC(=O)[C@@H](c1cc(Cl)cc(Cl)c1)[NH+](C)C)C(=O)NCc1ccnc(C=N)n1. The van der Waals surface area contributed by atoms with E-state index in [4.69, 9.17) is 28.6 Å². The molecule has 2 amide bonds. The first-order valence-corrected chi connectivity index (χ1v) is 11.1. The van der Waals surface area contributed by atoms with Crippen molar-refractivity contribution < 1.29 is 14.5 Å². The Morgan fingerprint density at radius 3 is 2.41 bits per heavy atom. The third kappa shape index (κ3) is 6.98. The molecule has 0 aliphatic carbocycles. The van der Waals surface area contributed by atoms with E-state index < -0.39 is 12.1 Å². The molecule has 2 aromatic rings. The second-order valence-electron chi connectivity index (χ2n) is 7.85.